The number of anilines is 2. The standard InChI is InChI=1S/C35H39F3N6O6/c1-8-48-29-15-23(17-40-31(29)49-19-22-9-12-25(47-7)13-10-22)30-39-18-28(21(3)41-30)44-32(45)43-24-11-14-26(27(16-24)35(36,37)38)20(2)42-33(46)50-34(4,5)6/h9-18,20H,8,19H2,1-7H3,(H,42,46)(H2,43,44,45). The lowest BCUT2D eigenvalue weighted by molar-refractivity contribution is -0.138. The number of methoxy groups -OCH3 is 1. The summed E-state index contributed by atoms with van der Waals surface area (Å²) in [4.78, 5) is 38.2. The molecule has 2 aromatic carbocycles. The van der Waals surface area contributed by atoms with Crippen molar-refractivity contribution in [1.82, 2.24) is 20.3 Å². The number of rotatable bonds is 11. The first-order chi connectivity index (χ1) is 23.6. The Hall–Kier alpha value is -5.60. The van der Waals surface area contributed by atoms with Gasteiger partial charge < -0.3 is 34.9 Å². The topological polar surface area (TPSA) is 146 Å². The Morgan fingerprint density at radius 3 is 2.28 bits per heavy atom. The number of aromatic nitrogens is 3. The van der Waals surface area contributed by atoms with Crippen molar-refractivity contribution >= 4 is 23.5 Å². The number of amides is 3. The largest absolute Gasteiger partial charge is 0.497 e. The highest BCUT2D eigenvalue weighted by atomic mass is 19.4. The van der Waals surface area contributed by atoms with Crippen molar-refractivity contribution in [2.24, 2.45) is 0 Å². The fraction of sp³-hybridized carbons (Fsp3) is 0.343. The molecule has 0 spiro atoms. The smallest absolute Gasteiger partial charge is 0.416 e. The Morgan fingerprint density at radius 1 is 0.940 bits per heavy atom. The van der Waals surface area contributed by atoms with Crippen molar-refractivity contribution < 1.29 is 41.7 Å². The maximum Gasteiger partial charge on any atom is 0.416 e. The van der Waals surface area contributed by atoms with Gasteiger partial charge in [0.05, 0.1) is 42.9 Å². The maximum absolute atomic E-state index is 14.0. The van der Waals surface area contributed by atoms with E-state index in [0.29, 0.717) is 29.4 Å². The molecule has 0 aliphatic carbocycles. The molecule has 0 bridgehead atoms. The van der Waals surface area contributed by atoms with Gasteiger partial charge in [-0.2, -0.15) is 13.2 Å². The van der Waals surface area contributed by atoms with E-state index in [1.807, 2.05) is 31.2 Å². The molecule has 0 aliphatic heterocycles. The monoisotopic (exact) mass is 696 g/mol. The van der Waals surface area contributed by atoms with Gasteiger partial charge in [-0.15, -0.1) is 0 Å². The Kier molecular flexibility index (Phi) is 11.7. The molecule has 50 heavy (non-hydrogen) atoms. The molecule has 12 nitrogen and oxygen atoms in total. The summed E-state index contributed by atoms with van der Waals surface area (Å²) < 4.78 is 64.0. The molecular weight excluding hydrogens is 657 g/mol. The summed E-state index contributed by atoms with van der Waals surface area (Å²) in [5, 5.41) is 7.38. The summed E-state index contributed by atoms with van der Waals surface area (Å²) in [6.07, 6.45) is -2.72. The zero-order valence-corrected chi connectivity index (χ0v) is 28.7. The molecule has 2 heterocycles. The number of carbonyl (C=O) groups is 2. The normalized spacial score (nSPS) is 12.0. The molecule has 1 unspecified atom stereocenters. The van der Waals surface area contributed by atoms with E-state index in [9.17, 15) is 22.8 Å². The van der Waals surface area contributed by atoms with Gasteiger partial charge in [-0.1, -0.05) is 18.2 Å². The summed E-state index contributed by atoms with van der Waals surface area (Å²) in [6, 6.07) is 10.5. The predicted octanol–water partition coefficient (Wildman–Crippen LogP) is 8.08. The van der Waals surface area contributed by atoms with Crippen LogP contribution < -0.4 is 30.2 Å². The van der Waals surface area contributed by atoms with Gasteiger partial charge in [-0.25, -0.2) is 24.5 Å². The summed E-state index contributed by atoms with van der Waals surface area (Å²) in [6.45, 7) is 10.4. The second kappa shape index (κ2) is 15.7. The van der Waals surface area contributed by atoms with Crippen molar-refractivity contribution in [2.45, 2.75) is 66.0 Å². The van der Waals surface area contributed by atoms with Crippen LogP contribution in [-0.4, -0.2) is 46.4 Å². The number of hydrogen-bond acceptors (Lipinski definition) is 9. The van der Waals surface area contributed by atoms with E-state index in [1.54, 1.807) is 40.9 Å². The van der Waals surface area contributed by atoms with Gasteiger partial charge in [-0.05, 0) is 83.0 Å². The number of alkyl halides is 3. The highest BCUT2D eigenvalue weighted by molar-refractivity contribution is 6.00. The van der Waals surface area contributed by atoms with Crippen LogP contribution in [0.25, 0.3) is 11.4 Å². The number of benzene rings is 2. The quantitative estimate of drug-likeness (QED) is 0.142. The maximum atomic E-state index is 14.0. The fourth-order valence-electron chi connectivity index (χ4n) is 4.63. The second-order valence-electron chi connectivity index (χ2n) is 12.0. The number of pyridine rings is 1. The molecule has 2 aromatic heterocycles. The molecule has 15 heteroatoms. The van der Waals surface area contributed by atoms with E-state index < -0.39 is 35.5 Å². The molecule has 3 N–H and O–H groups in total. The van der Waals surface area contributed by atoms with E-state index in [2.05, 4.69) is 30.9 Å². The lowest BCUT2D eigenvalue weighted by atomic mass is 10.00. The molecule has 4 rings (SSSR count). The number of nitrogens with one attached hydrogen (secondary N) is 3. The van der Waals surface area contributed by atoms with E-state index in [-0.39, 0.29) is 29.4 Å². The minimum Gasteiger partial charge on any atom is -0.497 e. The van der Waals surface area contributed by atoms with Gasteiger partial charge in [0, 0.05) is 17.4 Å². The third-order valence-electron chi connectivity index (χ3n) is 6.95. The second-order valence-corrected chi connectivity index (χ2v) is 12.0. The zero-order chi connectivity index (χ0) is 36.6. The first kappa shape index (κ1) is 37.2. The van der Waals surface area contributed by atoms with Crippen molar-refractivity contribution in [2.75, 3.05) is 24.4 Å². The van der Waals surface area contributed by atoms with Crippen LogP contribution in [0.3, 0.4) is 0 Å². The summed E-state index contributed by atoms with van der Waals surface area (Å²) in [5.74, 6) is 1.70. The molecule has 0 saturated heterocycles. The van der Waals surface area contributed by atoms with Crippen LogP contribution in [0.4, 0.5) is 34.1 Å². The van der Waals surface area contributed by atoms with Gasteiger partial charge >= 0.3 is 18.3 Å². The van der Waals surface area contributed by atoms with Crippen LogP contribution in [0.2, 0.25) is 0 Å². The summed E-state index contributed by atoms with van der Waals surface area (Å²) in [5.41, 5.74) is -0.131. The predicted molar refractivity (Wildman–Crippen MR) is 180 cm³/mol. The van der Waals surface area contributed by atoms with Crippen molar-refractivity contribution in [3.8, 4) is 28.8 Å². The van der Waals surface area contributed by atoms with Crippen LogP contribution in [0.5, 0.6) is 17.4 Å². The van der Waals surface area contributed by atoms with E-state index in [0.717, 1.165) is 17.4 Å². The van der Waals surface area contributed by atoms with Gasteiger partial charge in [0.2, 0.25) is 0 Å². The highest BCUT2D eigenvalue weighted by Crippen LogP contribution is 2.37. The van der Waals surface area contributed by atoms with Crippen LogP contribution in [0.1, 0.15) is 63.0 Å². The fourth-order valence-corrected chi connectivity index (χ4v) is 4.63. The molecule has 1 atom stereocenters. The number of aryl methyl sites for hydroxylation is 1. The SMILES string of the molecule is CCOc1cc(-c2ncc(NC(=O)Nc3ccc(C(C)NC(=O)OC(C)(C)C)c(C(F)(F)F)c3)c(C)n2)cnc1OCc1ccc(OC)cc1. The first-order valence-corrected chi connectivity index (χ1v) is 15.6. The molecular formula is C35H39F3N6O6. The Labute approximate surface area is 287 Å². The van der Waals surface area contributed by atoms with Crippen molar-refractivity contribution in [3.63, 3.8) is 0 Å². The molecule has 0 aliphatic rings. The third kappa shape index (κ3) is 10.2. The molecule has 0 radical (unpaired) electrons. The van der Waals surface area contributed by atoms with E-state index >= 15 is 0 Å². The lowest BCUT2D eigenvalue weighted by Gasteiger charge is -2.24. The van der Waals surface area contributed by atoms with Crippen molar-refractivity contribution in [1.29, 1.82) is 0 Å². The molecule has 266 valence electrons. The summed E-state index contributed by atoms with van der Waals surface area (Å²) in [7, 11) is 1.59. The number of urea groups is 1. The Bertz CT molecular complexity index is 1810. The number of carbonyl (C=O) groups excluding carboxylic acids is 2. The minimum atomic E-state index is -4.77. The van der Waals surface area contributed by atoms with Crippen LogP contribution in [0, 0.1) is 6.92 Å². The van der Waals surface area contributed by atoms with Gasteiger partial charge in [0.15, 0.2) is 11.6 Å². The molecule has 0 saturated carbocycles. The first-order valence-electron chi connectivity index (χ1n) is 15.6. The van der Waals surface area contributed by atoms with Crippen LogP contribution in [-0.2, 0) is 17.5 Å². The number of nitrogens with zero attached hydrogens (tertiary/aromatic N) is 3. The van der Waals surface area contributed by atoms with Gasteiger partial charge in [0.25, 0.3) is 5.88 Å². The van der Waals surface area contributed by atoms with Crippen LogP contribution >= 0.6 is 0 Å². The highest BCUT2D eigenvalue weighted by Gasteiger charge is 2.35. The van der Waals surface area contributed by atoms with E-state index in [1.165, 1.54) is 31.5 Å². The number of alkyl carbamates (subject to hydrolysis) is 1. The minimum absolute atomic E-state index is 0.123. The number of halogens is 3. The average Bonchev–Trinajstić information content (AvgIpc) is 3.04. The zero-order valence-electron chi connectivity index (χ0n) is 28.7. The number of hydrogen-bond donors (Lipinski definition) is 3. The molecule has 3 amide bonds. The number of ether oxygens (including phenoxy) is 4. The molecule has 4 aromatic rings. The van der Waals surface area contributed by atoms with Crippen LogP contribution in [0.15, 0.2) is 60.9 Å². The van der Waals surface area contributed by atoms with Gasteiger partial charge in [-0.3, -0.25) is 0 Å². The Morgan fingerprint density at radius 2 is 1.66 bits per heavy atom. The molecule has 0 fully saturated rings. The van der Waals surface area contributed by atoms with Gasteiger partial charge in [0.1, 0.15) is 18.0 Å². The lowest BCUT2D eigenvalue weighted by Crippen LogP contribution is -2.34. The van der Waals surface area contributed by atoms with Crippen molar-refractivity contribution in [3.05, 3.63) is 83.3 Å². The third-order valence-corrected chi connectivity index (χ3v) is 6.95. The average molecular weight is 697 g/mol. The Balaban J connectivity index is 1.44. The summed E-state index contributed by atoms with van der Waals surface area (Å²) >= 11 is 0. The van der Waals surface area contributed by atoms with E-state index in [4.69, 9.17) is 18.9 Å².